The van der Waals surface area contributed by atoms with Gasteiger partial charge in [-0.2, -0.15) is 0 Å². The Morgan fingerprint density at radius 1 is 1.33 bits per heavy atom. The topological polar surface area (TPSA) is 49.9 Å². The van der Waals surface area contributed by atoms with Gasteiger partial charge in [0.15, 0.2) is 0 Å². The molecule has 1 atom stereocenters. The summed E-state index contributed by atoms with van der Waals surface area (Å²) in [6.45, 7) is 6.15. The van der Waals surface area contributed by atoms with Gasteiger partial charge < -0.3 is 14.5 Å². The molecule has 0 spiro atoms. The van der Waals surface area contributed by atoms with Crippen molar-refractivity contribution in [2.24, 2.45) is 5.92 Å². The van der Waals surface area contributed by atoms with E-state index in [1.54, 1.807) is 9.80 Å². The van der Waals surface area contributed by atoms with Gasteiger partial charge in [0.1, 0.15) is 12.5 Å². The SMILES string of the molecule is CC(C)N(C[C@H]1CCN(C(=O)OCc2ccccc2)C1)C(=O)CCl. The highest BCUT2D eigenvalue weighted by Gasteiger charge is 2.30. The molecular weight excluding hydrogens is 328 g/mol. The number of carbonyl (C=O) groups excluding carboxylic acids is 2. The van der Waals surface area contributed by atoms with Crippen LogP contribution in [0.5, 0.6) is 0 Å². The van der Waals surface area contributed by atoms with Gasteiger partial charge in [-0.1, -0.05) is 30.3 Å². The largest absolute Gasteiger partial charge is 0.445 e. The summed E-state index contributed by atoms with van der Waals surface area (Å²) in [5.74, 6) is 0.203. The van der Waals surface area contributed by atoms with Crippen LogP contribution < -0.4 is 0 Å². The summed E-state index contributed by atoms with van der Waals surface area (Å²) in [5.41, 5.74) is 0.972. The van der Waals surface area contributed by atoms with E-state index in [1.165, 1.54) is 0 Å². The van der Waals surface area contributed by atoms with E-state index in [-0.39, 0.29) is 36.4 Å². The van der Waals surface area contributed by atoms with Crippen LogP contribution in [0.4, 0.5) is 4.79 Å². The normalized spacial score (nSPS) is 17.2. The summed E-state index contributed by atoms with van der Waals surface area (Å²) in [6.07, 6.45) is 0.584. The molecule has 2 amide bonds. The molecule has 0 aromatic heterocycles. The van der Waals surface area contributed by atoms with Crippen molar-refractivity contribution < 1.29 is 14.3 Å². The van der Waals surface area contributed by atoms with Crippen molar-refractivity contribution >= 4 is 23.6 Å². The Hall–Kier alpha value is -1.75. The molecule has 1 aliphatic rings. The summed E-state index contributed by atoms with van der Waals surface area (Å²) in [5, 5.41) is 0. The van der Waals surface area contributed by atoms with E-state index >= 15 is 0 Å². The van der Waals surface area contributed by atoms with Crippen LogP contribution in [0.2, 0.25) is 0 Å². The molecule has 1 aromatic carbocycles. The Morgan fingerprint density at radius 3 is 2.67 bits per heavy atom. The molecule has 0 saturated carbocycles. The summed E-state index contributed by atoms with van der Waals surface area (Å²) in [7, 11) is 0. The van der Waals surface area contributed by atoms with Crippen molar-refractivity contribution in [3.05, 3.63) is 35.9 Å². The molecule has 1 saturated heterocycles. The summed E-state index contributed by atoms with van der Waals surface area (Å²) < 4.78 is 5.37. The van der Waals surface area contributed by atoms with Crippen LogP contribution in [0.1, 0.15) is 25.8 Å². The van der Waals surface area contributed by atoms with Crippen molar-refractivity contribution in [1.82, 2.24) is 9.80 Å². The Labute approximate surface area is 148 Å². The fourth-order valence-electron chi connectivity index (χ4n) is 2.91. The molecule has 2 rings (SSSR count). The highest BCUT2D eigenvalue weighted by atomic mass is 35.5. The zero-order valence-electron chi connectivity index (χ0n) is 14.3. The van der Waals surface area contributed by atoms with Crippen LogP contribution >= 0.6 is 11.6 Å². The molecule has 0 radical (unpaired) electrons. The van der Waals surface area contributed by atoms with E-state index < -0.39 is 0 Å². The van der Waals surface area contributed by atoms with E-state index in [0.717, 1.165) is 12.0 Å². The molecule has 132 valence electrons. The lowest BCUT2D eigenvalue weighted by Gasteiger charge is -2.28. The van der Waals surface area contributed by atoms with E-state index in [9.17, 15) is 9.59 Å². The monoisotopic (exact) mass is 352 g/mol. The molecule has 1 fully saturated rings. The molecule has 0 aliphatic carbocycles. The average Bonchev–Trinajstić information content (AvgIpc) is 3.06. The maximum Gasteiger partial charge on any atom is 0.410 e. The predicted octanol–water partition coefficient (Wildman–Crippen LogP) is 3.12. The molecule has 1 aliphatic heterocycles. The third kappa shape index (κ3) is 5.13. The maximum absolute atomic E-state index is 12.2. The summed E-state index contributed by atoms with van der Waals surface area (Å²) in [6, 6.07) is 9.73. The highest BCUT2D eigenvalue weighted by Crippen LogP contribution is 2.20. The molecule has 0 unspecified atom stereocenters. The second-order valence-electron chi connectivity index (χ2n) is 6.41. The van der Waals surface area contributed by atoms with Crippen LogP contribution in [-0.2, 0) is 16.1 Å². The number of likely N-dealkylation sites (tertiary alicyclic amines) is 1. The van der Waals surface area contributed by atoms with Crippen molar-refractivity contribution in [3.8, 4) is 0 Å². The van der Waals surface area contributed by atoms with Crippen molar-refractivity contribution in [1.29, 1.82) is 0 Å². The molecule has 1 aromatic rings. The van der Waals surface area contributed by atoms with Crippen LogP contribution in [0.15, 0.2) is 30.3 Å². The number of hydrogen-bond donors (Lipinski definition) is 0. The lowest BCUT2D eigenvalue weighted by Crippen LogP contribution is -2.42. The number of halogens is 1. The van der Waals surface area contributed by atoms with Crippen molar-refractivity contribution in [2.75, 3.05) is 25.5 Å². The lowest BCUT2D eigenvalue weighted by atomic mass is 10.1. The molecule has 5 nitrogen and oxygen atoms in total. The van der Waals surface area contributed by atoms with Crippen molar-refractivity contribution in [3.63, 3.8) is 0 Å². The van der Waals surface area contributed by atoms with Gasteiger partial charge >= 0.3 is 6.09 Å². The first-order valence-corrected chi connectivity index (χ1v) is 8.85. The molecular formula is C18H25ClN2O3. The van der Waals surface area contributed by atoms with Gasteiger partial charge in [-0.05, 0) is 31.7 Å². The first-order valence-electron chi connectivity index (χ1n) is 8.32. The Kier molecular flexibility index (Phi) is 6.91. The van der Waals surface area contributed by atoms with Crippen LogP contribution in [0.3, 0.4) is 0 Å². The number of carbonyl (C=O) groups is 2. The number of nitrogens with zero attached hydrogens (tertiary/aromatic N) is 2. The number of rotatable bonds is 6. The Balaban J connectivity index is 1.81. The lowest BCUT2D eigenvalue weighted by molar-refractivity contribution is -0.130. The third-order valence-corrected chi connectivity index (χ3v) is 4.49. The number of ether oxygens (including phenoxy) is 1. The smallest absolute Gasteiger partial charge is 0.410 e. The van der Waals surface area contributed by atoms with E-state index in [0.29, 0.717) is 19.6 Å². The Morgan fingerprint density at radius 2 is 2.04 bits per heavy atom. The van der Waals surface area contributed by atoms with Gasteiger partial charge in [-0.15, -0.1) is 11.6 Å². The fraction of sp³-hybridized carbons (Fsp3) is 0.556. The average molecular weight is 353 g/mol. The molecule has 6 heteroatoms. The third-order valence-electron chi connectivity index (χ3n) is 4.26. The quantitative estimate of drug-likeness (QED) is 0.739. The zero-order valence-corrected chi connectivity index (χ0v) is 15.0. The fourth-order valence-corrected chi connectivity index (χ4v) is 3.07. The minimum Gasteiger partial charge on any atom is -0.445 e. The van der Waals surface area contributed by atoms with Crippen LogP contribution in [0, 0.1) is 5.92 Å². The molecule has 0 N–H and O–H groups in total. The zero-order chi connectivity index (χ0) is 17.5. The molecule has 0 bridgehead atoms. The number of benzene rings is 1. The van der Waals surface area contributed by atoms with E-state index in [2.05, 4.69) is 0 Å². The van der Waals surface area contributed by atoms with Gasteiger partial charge in [0.05, 0.1) is 0 Å². The Bertz CT molecular complexity index is 550. The van der Waals surface area contributed by atoms with Crippen LogP contribution in [-0.4, -0.2) is 53.4 Å². The second kappa shape index (κ2) is 8.92. The first kappa shape index (κ1) is 18.6. The molecule has 1 heterocycles. The summed E-state index contributed by atoms with van der Waals surface area (Å²) >= 11 is 5.68. The highest BCUT2D eigenvalue weighted by molar-refractivity contribution is 6.27. The standard InChI is InChI=1S/C18H25ClN2O3/c1-14(2)21(17(22)10-19)12-16-8-9-20(11-16)18(23)24-13-15-6-4-3-5-7-15/h3-7,14,16H,8-13H2,1-2H3/t16-/m0/s1. The van der Waals surface area contributed by atoms with Gasteiger partial charge in [0.25, 0.3) is 0 Å². The van der Waals surface area contributed by atoms with Gasteiger partial charge in [-0.25, -0.2) is 4.79 Å². The predicted molar refractivity (Wildman–Crippen MR) is 93.9 cm³/mol. The summed E-state index contributed by atoms with van der Waals surface area (Å²) in [4.78, 5) is 27.6. The van der Waals surface area contributed by atoms with Gasteiger partial charge in [-0.3, -0.25) is 4.79 Å². The van der Waals surface area contributed by atoms with Crippen molar-refractivity contribution in [2.45, 2.75) is 32.9 Å². The first-order chi connectivity index (χ1) is 11.5. The number of hydrogen-bond acceptors (Lipinski definition) is 3. The van der Waals surface area contributed by atoms with Crippen LogP contribution in [0.25, 0.3) is 0 Å². The van der Waals surface area contributed by atoms with E-state index in [4.69, 9.17) is 16.3 Å². The van der Waals surface area contributed by atoms with Gasteiger partial charge in [0.2, 0.25) is 5.91 Å². The van der Waals surface area contributed by atoms with E-state index in [1.807, 2.05) is 44.2 Å². The maximum atomic E-state index is 12.2. The minimum atomic E-state index is -0.291. The molecule has 24 heavy (non-hydrogen) atoms. The second-order valence-corrected chi connectivity index (χ2v) is 6.68. The van der Waals surface area contributed by atoms with Gasteiger partial charge in [0, 0.05) is 25.7 Å². The minimum absolute atomic E-state index is 0.00622. The number of alkyl halides is 1. The number of amides is 2.